The molecule has 92 valence electrons. The molecule has 0 saturated heterocycles. The summed E-state index contributed by atoms with van der Waals surface area (Å²) in [7, 11) is -2.43. The third-order valence-corrected chi connectivity index (χ3v) is 3.62. The van der Waals surface area contributed by atoms with Crippen LogP contribution in [0, 0.1) is 0 Å². The van der Waals surface area contributed by atoms with Gasteiger partial charge in [0.25, 0.3) is 0 Å². The Labute approximate surface area is 103 Å². The molecule has 0 N–H and O–H groups in total. The molecule has 0 unspecified atom stereocenters. The molecular weight excluding hydrogens is 268 g/mol. The van der Waals surface area contributed by atoms with Crippen LogP contribution in [0.2, 0.25) is 5.02 Å². The van der Waals surface area contributed by atoms with Crippen molar-refractivity contribution in [2.75, 3.05) is 13.4 Å². The second-order valence-electron chi connectivity index (χ2n) is 3.22. The van der Waals surface area contributed by atoms with Gasteiger partial charge >= 0.3 is 5.97 Å². The number of benzene rings is 1. The van der Waals surface area contributed by atoms with Gasteiger partial charge in [-0.25, -0.2) is 13.2 Å². The van der Waals surface area contributed by atoms with Gasteiger partial charge in [-0.1, -0.05) is 11.6 Å². The fourth-order valence-corrected chi connectivity index (χ4v) is 2.48. The molecule has 0 atom stereocenters. The third-order valence-electron chi connectivity index (χ3n) is 2.06. The molecule has 0 fully saturated rings. The Balaban J connectivity index is 3.59. The van der Waals surface area contributed by atoms with Crippen molar-refractivity contribution >= 4 is 33.7 Å². The Morgan fingerprint density at radius 2 is 2.00 bits per heavy atom. The lowest BCUT2D eigenvalue weighted by Crippen LogP contribution is -2.08. The summed E-state index contributed by atoms with van der Waals surface area (Å²) in [6.45, 7) is 0. The van der Waals surface area contributed by atoms with Gasteiger partial charge in [0.1, 0.15) is 0 Å². The van der Waals surface area contributed by atoms with Crippen molar-refractivity contribution in [2.45, 2.75) is 4.90 Å². The predicted octanol–water partition coefficient (Wildman–Crippen LogP) is 1.34. The van der Waals surface area contributed by atoms with Gasteiger partial charge in [-0.2, -0.15) is 0 Å². The second-order valence-corrected chi connectivity index (χ2v) is 5.58. The van der Waals surface area contributed by atoms with Crippen molar-refractivity contribution in [3.05, 3.63) is 28.3 Å². The van der Waals surface area contributed by atoms with E-state index in [4.69, 9.17) is 11.6 Å². The highest BCUT2D eigenvalue weighted by Gasteiger charge is 2.21. The maximum Gasteiger partial charge on any atom is 0.339 e. The van der Waals surface area contributed by atoms with Crippen molar-refractivity contribution in [3.8, 4) is 0 Å². The predicted molar refractivity (Wildman–Crippen MR) is 61.3 cm³/mol. The molecule has 0 aromatic heterocycles. The number of halogens is 1. The fraction of sp³-hybridized carbons (Fsp3) is 0.200. The van der Waals surface area contributed by atoms with Crippen LogP contribution in [0.25, 0.3) is 0 Å². The van der Waals surface area contributed by atoms with Crippen LogP contribution in [0.1, 0.15) is 20.7 Å². The summed E-state index contributed by atoms with van der Waals surface area (Å²) in [6, 6.07) is 2.36. The Morgan fingerprint density at radius 1 is 1.41 bits per heavy atom. The lowest BCUT2D eigenvalue weighted by Gasteiger charge is -2.08. The number of rotatable bonds is 3. The minimum Gasteiger partial charge on any atom is -0.465 e. The van der Waals surface area contributed by atoms with Crippen LogP contribution in [0.3, 0.4) is 0 Å². The monoisotopic (exact) mass is 276 g/mol. The van der Waals surface area contributed by atoms with Gasteiger partial charge in [0, 0.05) is 6.26 Å². The van der Waals surface area contributed by atoms with Gasteiger partial charge in [0.05, 0.1) is 28.2 Å². The number of aldehydes is 1. The van der Waals surface area contributed by atoms with E-state index < -0.39 is 15.8 Å². The van der Waals surface area contributed by atoms with Crippen LogP contribution >= 0.6 is 11.6 Å². The highest BCUT2D eigenvalue weighted by atomic mass is 35.5. The maximum absolute atomic E-state index is 11.4. The maximum atomic E-state index is 11.4. The molecule has 0 aliphatic heterocycles. The number of carbonyl (C=O) groups is 2. The number of hydrogen-bond acceptors (Lipinski definition) is 5. The first kappa shape index (κ1) is 13.7. The zero-order chi connectivity index (χ0) is 13.2. The first-order valence-electron chi connectivity index (χ1n) is 4.39. The van der Waals surface area contributed by atoms with Gasteiger partial charge in [-0.3, -0.25) is 4.79 Å². The molecule has 1 aromatic rings. The zero-order valence-electron chi connectivity index (χ0n) is 9.06. The molecule has 1 aromatic carbocycles. The van der Waals surface area contributed by atoms with Crippen molar-refractivity contribution < 1.29 is 22.7 Å². The van der Waals surface area contributed by atoms with E-state index in [9.17, 15) is 18.0 Å². The van der Waals surface area contributed by atoms with E-state index in [2.05, 4.69) is 4.74 Å². The summed E-state index contributed by atoms with van der Waals surface area (Å²) >= 11 is 5.80. The molecule has 0 aliphatic carbocycles. The number of carbonyl (C=O) groups excluding carboxylic acids is 2. The summed E-state index contributed by atoms with van der Waals surface area (Å²) in [5.74, 6) is -0.738. The molecule has 17 heavy (non-hydrogen) atoms. The normalized spacial score (nSPS) is 11.0. The van der Waals surface area contributed by atoms with Crippen molar-refractivity contribution in [1.29, 1.82) is 0 Å². The van der Waals surface area contributed by atoms with Gasteiger partial charge < -0.3 is 4.74 Å². The standard InChI is InChI=1S/C10H9ClO5S/c1-16-10(13)6-3-4-8(17(2,14)15)7(5-12)9(6)11/h3-5H,1-2H3. The first-order chi connectivity index (χ1) is 7.82. The molecule has 0 aliphatic rings. The van der Waals surface area contributed by atoms with E-state index in [1.54, 1.807) is 0 Å². The number of esters is 1. The van der Waals surface area contributed by atoms with E-state index in [-0.39, 0.29) is 21.0 Å². The molecule has 1 rings (SSSR count). The Kier molecular flexibility index (Phi) is 3.90. The first-order valence-corrected chi connectivity index (χ1v) is 6.66. The summed E-state index contributed by atoms with van der Waals surface area (Å²) in [6.07, 6.45) is 1.24. The third kappa shape index (κ3) is 2.65. The summed E-state index contributed by atoms with van der Waals surface area (Å²) in [4.78, 5) is 21.9. The van der Waals surface area contributed by atoms with Crippen molar-refractivity contribution in [2.24, 2.45) is 0 Å². The average Bonchev–Trinajstić information content (AvgIpc) is 2.26. The van der Waals surface area contributed by atoms with Crippen molar-refractivity contribution in [3.63, 3.8) is 0 Å². The number of ether oxygens (including phenoxy) is 1. The minimum atomic E-state index is -3.59. The van der Waals surface area contributed by atoms with Crippen molar-refractivity contribution in [1.82, 2.24) is 0 Å². The van der Waals surface area contributed by atoms with Gasteiger partial charge in [-0.05, 0) is 12.1 Å². The molecule has 0 amide bonds. The molecular formula is C10H9ClO5S. The zero-order valence-corrected chi connectivity index (χ0v) is 10.6. The lowest BCUT2D eigenvalue weighted by atomic mass is 10.1. The molecule has 5 nitrogen and oxygen atoms in total. The Bertz CT molecular complexity index is 577. The smallest absolute Gasteiger partial charge is 0.339 e. The van der Waals surface area contributed by atoms with E-state index in [0.717, 1.165) is 19.4 Å². The van der Waals surface area contributed by atoms with E-state index >= 15 is 0 Å². The minimum absolute atomic E-state index is 0.0522. The summed E-state index contributed by atoms with van der Waals surface area (Å²) < 4.78 is 27.2. The molecule has 0 heterocycles. The SMILES string of the molecule is COC(=O)c1ccc(S(C)(=O)=O)c(C=O)c1Cl. The number of methoxy groups -OCH3 is 1. The van der Waals surface area contributed by atoms with E-state index in [1.807, 2.05) is 0 Å². The number of sulfone groups is 1. The second kappa shape index (κ2) is 4.85. The van der Waals surface area contributed by atoms with Gasteiger partial charge in [-0.15, -0.1) is 0 Å². The van der Waals surface area contributed by atoms with Crippen LogP contribution in [-0.4, -0.2) is 34.0 Å². The molecule has 0 radical (unpaired) electrons. The van der Waals surface area contributed by atoms with Gasteiger partial charge in [0.15, 0.2) is 16.1 Å². The fourth-order valence-electron chi connectivity index (χ4n) is 1.28. The van der Waals surface area contributed by atoms with Crippen LogP contribution < -0.4 is 0 Å². The topological polar surface area (TPSA) is 77.5 Å². The van der Waals surface area contributed by atoms with E-state index in [1.165, 1.54) is 6.07 Å². The van der Waals surface area contributed by atoms with Crippen LogP contribution in [0.15, 0.2) is 17.0 Å². The molecule has 0 bridgehead atoms. The Hall–Kier alpha value is -1.40. The lowest BCUT2D eigenvalue weighted by molar-refractivity contribution is 0.0601. The van der Waals surface area contributed by atoms with Crippen LogP contribution in [-0.2, 0) is 14.6 Å². The van der Waals surface area contributed by atoms with Crippen LogP contribution in [0.5, 0.6) is 0 Å². The summed E-state index contributed by atoms with van der Waals surface area (Å²) in [5, 5.41) is -0.227. The van der Waals surface area contributed by atoms with Crippen LogP contribution in [0.4, 0.5) is 0 Å². The Morgan fingerprint density at radius 3 is 2.41 bits per heavy atom. The largest absolute Gasteiger partial charge is 0.465 e. The molecule has 0 spiro atoms. The summed E-state index contributed by atoms with van der Waals surface area (Å²) in [5.41, 5.74) is -0.291. The quantitative estimate of drug-likeness (QED) is 0.615. The average molecular weight is 277 g/mol. The number of hydrogen-bond donors (Lipinski definition) is 0. The van der Waals surface area contributed by atoms with Gasteiger partial charge in [0.2, 0.25) is 0 Å². The highest BCUT2D eigenvalue weighted by Crippen LogP contribution is 2.26. The van der Waals surface area contributed by atoms with E-state index in [0.29, 0.717) is 6.29 Å². The molecule has 0 saturated carbocycles. The highest BCUT2D eigenvalue weighted by molar-refractivity contribution is 7.90. The molecule has 7 heteroatoms.